The Morgan fingerprint density at radius 2 is 2.24 bits per heavy atom. The molecule has 0 saturated carbocycles. The van der Waals surface area contributed by atoms with Gasteiger partial charge < -0.3 is 14.8 Å². The van der Waals surface area contributed by atoms with Crippen LogP contribution < -0.4 is 5.32 Å². The third-order valence-electron chi connectivity index (χ3n) is 1.87. The number of hydrogen-bond acceptors (Lipinski definition) is 3. The Morgan fingerprint density at radius 3 is 2.88 bits per heavy atom. The lowest BCUT2D eigenvalue weighted by atomic mass is 10.3. The van der Waals surface area contributed by atoms with Crippen molar-refractivity contribution in [2.75, 3.05) is 32.2 Å². The molecule has 1 aromatic carbocycles. The Hall–Kier alpha value is -1.17. The third-order valence-corrected chi connectivity index (χ3v) is 2.11. The average molecular weight is 262 g/mol. The first-order chi connectivity index (χ1) is 8.13. The van der Waals surface area contributed by atoms with E-state index in [-0.39, 0.29) is 17.3 Å². The summed E-state index contributed by atoms with van der Waals surface area (Å²) in [5.41, 5.74) is 0.0785. The van der Waals surface area contributed by atoms with Crippen LogP contribution in [0.1, 0.15) is 0 Å². The molecule has 94 valence electrons. The number of methoxy groups -OCH3 is 1. The van der Waals surface area contributed by atoms with E-state index in [0.29, 0.717) is 13.2 Å². The van der Waals surface area contributed by atoms with Crippen LogP contribution in [-0.4, -0.2) is 32.8 Å². The molecular formula is C11H13ClFNO3. The number of anilines is 1. The number of carbonyl (C=O) groups is 1. The summed E-state index contributed by atoms with van der Waals surface area (Å²) >= 11 is 5.58. The van der Waals surface area contributed by atoms with E-state index in [0.717, 1.165) is 6.07 Å². The maximum Gasteiger partial charge on any atom is 0.250 e. The fourth-order valence-corrected chi connectivity index (χ4v) is 1.24. The van der Waals surface area contributed by atoms with Gasteiger partial charge in [-0.15, -0.1) is 0 Å². The van der Waals surface area contributed by atoms with E-state index >= 15 is 0 Å². The number of benzene rings is 1. The second-order valence-corrected chi connectivity index (χ2v) is 3.65. The summed E-state index contributed by atoms with van der Waals surface area (Å²) in [4.78, 5) is 11.3. The number of ether oxygens (including phenoxy) is 2. The quantitative estimate of drug-likeness (QED) is 0.798. The number of amides is 1. The van der Waals surface area contributed by atoms with Crippen molar-refractivity contribution in [3.8, 4) is 0 Å². The van der Waals surface area contributed by atoms with E-state index in [9.17, 15) is 9.18 Å². The molecule has 17 heavy (non-hydrogen) atoms. The summed E-state index contributed by atoms with van der Waals surface area (Å²) in [5, 5.41) is 2.65. The third kappa shape index (κ3) is 5.12. The summed E-state index contributed by atoms with van der Waals surface area (Å²) in [7, 11) is 1.53. The van der Waals surface area contributed by atoms with Gasteiger partial charge >= 0.3 is 0 Å². The highest BCUT2D eigenvalue weighted by Crippen LogP contribution is 2.18. The van der Waals surface area contributed by atoms with Gasteiger partial charge in [-0.2, -0.15) is 0 Å². The Labute approximate surface area is 104 Å². The summed E-state index contributed by atoms with van der Waals surface area (Å²) in [5.74, 6) is -1.01. The minimum absolute atomic E-state index is 0.0785. The fourth-order valence-electron chi connectivity index (χ4n) is 1.08. The molecule has 0 aromatic heterocycles. The van der Waals surface area contributed by atoms with Gasteiger partial charge in [0.1, 0.15) is 12.4 Å². The van der Waals surface area contributed by atoms with Crippen LogP contribution in [0.3, 0.4) is 0 Å². The molecule has 1 N–H and O–H groups in total. The van der Waals surface area contributed by atoms with E-state index < -0.39 is 11.7 Å². The normalized spacial score (nSPS) is 10.3. The molecule has 0 aliphatic heterocycles. The van der Waals surface area contributed by atoms with E-state index in [1.165, 1.54) is 19.2 Å². The lowest BCUT2D eigenvalue weighted by molar-refractivity contribution is -0.121. The van der Waals surface area contributed by atoms with Gasteiger partial charge in [0.2, 0.25) is 5.91 Å². The lowest BCUT2D eigenvalue weighted by Gasteiger charge is -2.07. The fraction of sp³-hybridized carbons (Fsp3) is 0.364. The number of hydrogen-bond donors (Lipinski definition) is 1. The van der Waals surface area contributed by atoms with E-state index in [1.807, 2.05) is 0 Å². The van der Waals surface area contributed by atoms with Crippen LogP contribution in [0.2, 0.25) is 5.02 Å². The van der Waals surface area contributed by atoms with Crippen molar-refractivity contribution in [3.63, 3.8) is 0 Å². The highest BCUT2D eigenvalue weighted by molar-refractivity contribution is 6.30. The van der Waals surface area contributed by atoms with E-state index in [4.69, 9.17) is 21.1 Å². The van der Waals surface area contributed by atoms with Crippen molar-refractivity contribution in [1.29, 1.82) is 0 Å². The lowest BCUT2D eigenvalue weighted by Crippen LogP contribution is -2.20. The molecule has 0 bridgehead atoms. The summed E-state index contributed by atoms with van der Waals surface area (Å²) in [6.45, 7) is 0.570. The largest absolute Gasteiger partial charge is 0.382 e. The van der Waals surface area contributed by atoms with Crippen molar-refractivity contribution in [2.45, 2.75) is 0 Å². The molecule has 0 fully saturated rings. The zero-order valence-electron chi connectivity index (χ0n) is 9.33. The molecule has 0 heterocycles. The minimum Gasteiger partial charge on any atom is -0.382 e. The second kappa shape index (κ2) is 7.21. The molecule has 1 rings (SSSR count). The predicted molar refractivity (Wildman–Crippen MR) is 62.7 cm³/mol. The van der Waals surface area contributed by atoms with Crippen LogP contribution >= 0.6 is 11.6 Å². The Kier molecular flexibility index (Phi) is 5.90. The summed E-state index contributed by atoms with van der Waals surface area (Å²) in [6.07, 6.45) is 0. The number of rotatable bonds is 6. The first-order valence-electron chi connectivity index (χ1n) is 4.95. The van der Waals surface area contributed by atoms with Gasteiger partial charge in [-0.3, -0.25) is 4.79 Å². The van der Waals surface area contributed by atoms with Gasteiger partial charge in [0, 0.05) is 12.1 Å². The van der Waals surface area contributed by atoms with E-state index in [2.05, 4.69) is 5.32 Å². The maximum atomic E-state index is 13.3. The number of halogens is 2. The number of carbonyl (C=O) groups excluding carboxylic acids is 1. The molecule has 1 aromatic rings. The van der Waals surface area contributed by atoms with Gasteiger partial charge in [0.05, 0.1) is 18.9 Å². The molecule has 0 aliphatic carbocycles. The van der Waals surface area contributed by atoms with Crippen LogP contribution in [0.4, 0.5) is 10.1 Å². The Balaban J connectivity index is 2.40. The van der Waals surface area contributed by atoms with Gasteiger partial charge in [-0.1, -0.05) is 11.6 Å². The van der Waals surface area contributed by atoms with Gasteiger partial charge in [-0.25, -0.2) is 4.39 Å². The highest BCUT2D eigenvalue weighted by atomic mass is 35.5. The molecule has 0 saturated heterocycles. The summed E-state index contributed by atoms with van der Waals surface area (Å²) < 4.78 is 23.0. The first-order valence-corrected chi connectivity index (χ1v) is 5.33. The molecule has 1 amide bonds. The number of nitrogens with one attached hydrogen (secondary N) is 1. The van der Waals surface area contributed by atoms with Crippen LogP contribution in [0.15, 0.2) is 18.2 Å². The standard InChI is InChI=1S/C11H13ClFNO3/c1-16-4-5-17-7-11(15)14-10-3-2-8(12)6-9(10)13/h2-3,6H,4-5,7H2,1H3,(H,14,15). The van der Waals surface area contributed by atoms with Crippen LogP contribution in [0.25, 0.3) is 0 Å². The molecule has 0 spiro atoms. The van der Waals surface area contributed by atoms with Crippen LogP contribution in [-0.2, 0) is 14.3 Å². The average Bonchev–Trinajstić information content (AvgIpc) is 2.28. The van der Waals surface area contributed by atoms with Crippen molar-refractivity contribution >= 4 is 23.2 Å². The molecule has 0 radical (unpaired) electrons. The first kappa shape index (κ1) is 13.9. The molecule has 0 aliphatic rings. The molecule has 0 atom stereocenters. The topological polar surface area (TPSA) is 47.6 Å². The minimum atomic E-state index is -0.581. The van der Waals surface area contributed by atoms with Gasteiger partial charge in [0.25, 0.3) is 0 Å². The Bertz CT molecular complexity index is 387. The molecular weight excluding hydrogens is 249 g/mol. The molecule has 4 nitrogen and oxygen atoms in total. The van der Waals surface area contributed by atoms with Crippen molar-refractivity contribution in [2.24, 2.45) is 0 Å². The Morgan fingerprint density at radius 1 is 1.47 bits per heavy atom. The SMILES string of the molecule is COCCOCC(=O)Nc1ccc(Cl)cc1F. The zero-order chi connectivity index (χ0) is 12.7. The van der Waals surface area contributed by atoms with Gasteiger partial charge in [0.15, 0.2) is 0 Å². The van der Waals surface area contributed by atoms with Crippen LogP contribution in [0.5, 0.6) is 0 Å². The summed E-state index contributed by atoms with van der Waals surface area (Å²) in [6, 6.07) is 4.01. The zero-order valence-corrected chi connectivity index (χ0v) is 10.1. The smallest absolute Gasteiger partial charge is 0.250 e. The second-order valence-electron chi connectivity index (χ2n) is 3.22. The van der Waals surface area contributed by atoms with E-state index in [1.54, 1.807) is 0 Å². The van der Waals surface area contributed by atoms with Crippen LogP contribution in [0, 0.1) is 5.82 Å². The molecule has 6 heteroatoms. The molecule has 0 unspecified atom stereocenters. The monoisotopic (exact) mass is 261 g/mol. The highest BCUT2D eigenvalue weighted by Gasteiger charge is 2.07. The van der Waals surface area contributed by atoms with Crippen molar-refractivity contribution < 1.29 is 18.7 Å². The maximum absolute atomic E-state index is 13.3. The predicted octanol–water partition coefficient (Wildman–Crippen LogP) is 2.08. The van der Waals surface area contributed by atoms with Crippen molar-refractivity contribution in [1.82, 2.24) is 0 Å². The van der Waals surface area contributed by atoms with Crippen molar-refractivity contribution in [3.05, 3.63) is 29.0 Å². The van der Waals surface area contributed by atoms with Gasteiger partial charge in [-0.05, 0) is 18.2 Å².